The molecule has 1 aromatic heterocycles. The molecule has 0 saturated carbocycles. The number of ether oxygens (including phenoxy) is 3. The number of nitrogens with zero attached hydrogens (tertiary/aromatic N) is 2. The first-order valence-corrected chi connectivity index (χ1v) is 10.6. The smallest absolute Gasteiger partial charge is 0.325 e. The number of imide groups is 1. The summed E-state index contributed by atoms with van der Waals surface area (Å²) in [6, 6.07) is 13.9. The molecule has 1 unspecified atom stereocenters. The number of aromatic nitrogens is 1. The molecule has 33 heavy (non-hydrogen) atoms. The van der Waals surface area contributed by atoms with Crippen LogP contribution in [0.15, 0.2) is 53.1 Å². The summed E-state index contributed by atoms with van der Waals surface area (Å²) in [5.41, 5.74) is 0.678. The van der Waals surface area contributed by atoms with E-state index >= 15 is 0 Å². The molecular formula is C24H23N3O6. The maximum Gasteiger partial charge on any atom is 0.325 e. The van der Waals surface area contributed by atoms with Gasteiger partial charge < -0.3 is 24.1 Å². The van der Waals surface area contributed by atoms with Gasteiger partial charge in [-0.25, -0.2) is 4.79 Å². The summed E-state index contributed by atoms with van der Waals surface area (Å²) in [5, 5.41) is 6.89. The standard InChI is InChI=1S/C24H23N3O6/c1-24(15-8-9-20-21(12-15)32-11-5-10-31-20)22(28)27(23(29)25-24)14-16-13-18(26-33-16)17-6-3-4-7-19(17)30-2/h3-4,6-9,12-13H,5,10-11,14H2,1-2H3,(H,25,29). The number of rotatable bonds is 5. The minimum absolute atomic E-state index is 0.0487. The third kappa shape index (κ3) is 3.65. The van der Waals surface area contributed by atoms with Crippen LogP contribution < -0.4 is 19.5 Å². The largest absolute Gasteiger partial charge is 0.496 e. The number of para-hydroxylation sites is 1. The Morgan fingerprint density at radius 2 is 1.88 bits per heavy atom. The topological polar surface area (TPSA) is 103 Å². The second-order valence-electron chi connectivity index (χ2n) is 8.04. The Balaban J connectivity index is 1.38. The fraction of sp³-hybridized carbons (Fsp3) is 0.292. The Labute approximate surface area is 190 Å². The van der Waals surface area contributed by atoms with Gasteiger partial charge in [-0.2, -0.15) is 0 Å². The number of fused-ring (bicyclic) bond motifs is 1. The van der Waals surface area contributed by atoms with Crippen LogP contribution >= 0.6 is 0 Å². The lowest BCUT2D eigenvalue weighted by atomic mass is 9.91. The lowest BCUT2D eigenvalue weighted by Gasteiger charge is -2.23. The maximum atomic E-state index is 13.3. The number of nitrogens with one attached hydrogen (secondary N) is 1. The first-order valence-electron chi connectivity index (χ1n) is 10.6. The Bertz CT molecular complexity index is 1220. The molecule has 1 N–H and O–H groups in total. The van der Waals surface area contributed by atoms with Gasteiger partial charge in [0.1, 0.15) is 17.0 Å². The summed E-state index contributed by atoms with van der Waals surface area (Å²) < 4.78 is 22.2. The molecular weight excluding hydrogens is 426 g/mol. The molecule has 0 aliphatic carbocycles. The van der Waals surface area contributed by atoms with E-state index in [9.17, 15) is 9.59 Å². The lowest BCUT2D eigenvalue weighted by molar-refractivity contribution is -0.131. The van der Waals surface area contributed by atoms with Gasteiger partial charge in [0.05, 0.1) is 26.9 Å². The number of hydrogen-bond donors (Lipinski definition) is 1. The fourth-order valence-corrected chi connectivity index (χ4v) is 4.04. The van der Waals surface area contributed by atoms with E-state index in [0.717, 1.165) is 16.9 Å². The normalized spacial score (nSPS) is 19.9. The number of hydrogen-bond acceptors (Lipinski definition) is 7. The minimum atomic E-state index is -1.24. The van der Waals surface area contributed by atoms with Crippen LogP contribution in [0.1, 0.15) is 24.7 Å². The van der Waals surface area contributed by atoms with Crippen molar-refractivity contribution in [1.82, 2.24) is 15.4 Å². The van der Waals surface area contributed by atoms with E-state index < -0.39 is 17.5 Å². The van der Waals surface area contributed by atoms with Crippen molar-refractivity contribution in [3.8, 4) is 28.5 Å². The van der Waals surface area contributed by atoms with E-state index in [2.05, 4.69) is 10.5 Å². The molecule has 5 rings (SSSR count). The van der Waals surface area contributed by atoms with Gasteiger partial charge in [-0.05, 0) is 36.8 Å². The molecule has 9 heteroatoms. The van der Waals surface area contributed by atoms with Crippen molar-refractivity contribution >= 4 is 11.9 Å². The number of carbonyl (C=O) groups is 2. The number of methoxy groups -OCH3 is 1. The highest BCUT2D eigenvalue weighted by Gasteiger charge is 2.49. The SMILES string of the molecule is COc1ccccc1-c1cc(CN2C(=O)NC(C)(c3ccc4c(c3)OCCCO4)C2=O)on1. The number of urea groups is 1. The molecule has 3 aromatic rings. The van der Waals surface area contributed by atoms with Crippen LogP contribution in [0.5, 0.6) is 17.2 Å². The molecule has 0 radical (unpaired) electrons. The second-order valence-corrected chi connectivity index (χ2v) is 8.04. The van der Waals surface area contributed by atoms with Crippen molar-refractivity contribution in [3.63, 3.8) is 0 Å². The summed E-state index contributed by atoms with van der Waals surface area (Å²) in [6.07, 6.45) is 0.777. The molecule has 3 heterocycles. The van der Waals surface area contributed by atoms with Gasteiger partial charge in [0, 0.05) is 18.1 Å². The molecule has 1 saturated heterocycles. The van der Waals surface area contributed by atoms with Gasteiger partial charge in [0.15, 0.2) is 17.3 Å². The van der Waals surface area contributed by atoms with Gasteiger partial charge in [0.25, 0.3) is 5.91 Å². The molecule has 170 valence electrons. The van der Waals surface area contributed by atoms with Gasteiger partial charge in [-0.15, -0.1) is 0 Å². The van der Waals surface area contributed by atoms with Crippen LogP contribution in [0.2, 0.25) is 0 Å². The van der Waals surface area contributed by atoms with Crippen molar-refractivity contribution in [2.24, 2.45) is 0 Å². The number of benzene rings is 2. The van der Waals surface area contributed by atoms with Gasteiger partial charge >= 0.3 is 6.03 Å². The van der Waals surface area contributed by atoms with Crippen molar-refractivity contribution in [2.75, 3.05) is 20.3 Å². The highest BCUT2D eigenvalue weighted by molar-refractivity contribution is 6.07. The monoisotopic (exact) mass is 449 g/mol. The first-order chi connectivity index (χ1) is 16.0. The zero-order chi connectivity index (χ0) is 23.0. The summed E-state index contributed by atoms with van der Waals surface area (Å²) in [6.45, 7) is 2.72. The van der Waals surface area contributed by atoms with Gasteiger partial charge in [-0.1, -0.05) is 23.4 Å². The van der Waals surface area contributed by atoms with E-state index in [-0.39, 0.29) is 6.54 Å². The Morgan fingerprint density at radius 1 is 1.09 bits per heavy atom. The molecule has 2 aliphatic rings. The van der Waals surface area contributed by atoms with E-state index in [1.165, 1.54) is 0 Å². The average molecular weight is 449 g/mol. The quantitative estimate of drug-likeness (QED) is 0.595. The van der Waals surface area contributed by atoms with Crippen molar-refractivity contribution in [3.05, 3.63) is 59.9 Å². The summed E-state index contributed by atoms with van der Waals surface area (Å²) in [7, 11) is 1.58. The molecule has 9 nitrogen and oxygen atoms in total. The van der Waals surface area contributed by atoms with Crippen molar-refractivity contribution in [2.45, 2.75) is 25.4 Å². The molecule has 1 fully saturated rings. The highest BCUT2D eigenvalue weighted by Crippen LogP contribution is 2.37. The van der Waals surface area contributed by atoms with Crippen LogP contribution in [-0.2, 0) is 16.9 Å². The Morgan fingerprint density at radius 3 is 2.70 bits per heavy atom. The lowest BCUT2D eigenvalue weighted by Crippen LogP contribution is -2.40. The van der Waals surface area contributed by atoms with E-state index in [0.29, 0.717) is 47.5 Å². The Kier molecular flexibility index (Phi) is 5.16. The predicted octanol–water partition coefficient (Wildman–Crippen LogP) is 3.48. The summed E-state index contributed by atoms with van der Waals surface area (Å²) >= 11 is 0. The first kappa shape index (κ1) is 20.9. The maximum absolute atomic E-state index is 13.3. The summed E-state index contributed by atoms with van der Waals surface area (Å²) in [4.78, 5) is 27.2. The second kappa shape index (κ2) is 8.16. The third-order valence-electron chi connectivity index (χ3n) is 5.86. The average Bonchev–Trinajstić information content (AvgIpc) is 3.27. The third-order valence-corrected chi connectivity index (χ3v) is 5.86. The Hall–Kier alpha value is -4.01. The molecule has 0 spiro atoms. The molecule has 2 aliphatic heterocycles. The van der Waals surface area contributed by atoms with Crippen LogP contribution in [0.3, 0.4) is 0 Å². The van der Waals surface area contributed by atoms with E-state index in [1.54, 1.807) is 38.3 Å². The minimum Gasteiger partial charge on any atom is -0.496 e. The highest BCUT2D eigenvalue weighted by atomic mass is 16.5. The molecule has 0 bridgehead atoms. The van der Waals surface area contributed by atoms with Crippen LogP contribution in [0, 0.1) is 0 Å². The van der Waals surface area contributed by atoms with Crippen LogP contribution in [0.25, 0.3) is 11.3 Å². The zero-order valence-electron chi connectivity index (χ0n) is 18.3. The number of carbonyl (C=O) groups excluding carboxylic acids is 2. The van der Waals surface area contributed by atoms with E-state index in [1.807, 2.05) is 24.3 Å². The van der Waals surface area contributed by atoms with Gasteiger partial charge in [0.2, 0.25) is 0 Å². The number of amides is 3. The fourth-order valence-electron chi connectivity index (χ4n) is 4.04. The van der Waals surface area contributed by atoms with Gasteiger partial charge in [-0.3, -0.25) is 9.69 Å². The van der Waals surface area contributed by atoms with Crippen molar-refractivity contribution in [1.29, 1.82) is 0 Å². The van der Waals surface area contributed by atoms with Crippen LogP contribution in [0.4, 0.5) is 4.79 Å². The van der Waals surface area contributed by atoms with E-state index in [4.69, 9.17) is 18.7 Å². The van der Waals surface area contributed by atoms with Crippen LogP contribution in [-0.4, -0.2) is 42.3 Å². The zero-order valence-corrected chi connectivity index (χ0v) is 18.3. The molecule has 1 atom stereocenters. The predicted molar refractivity (Wildman–Crippen MR) is 117 cm³/mol. The molecule has 3 amide bonds. The molecule has 2 aromatic carbocycles. The summed E-state index contributed by atoms with van der Waals surface area (Å²) in [5.74, 6) is 1.82. The van der Waals surface area contributed by atoms with Crippen molar-refractivity contribution < 1.29 is 28.3 Å².